The molecule has 1 aromatic heterocycles. The molecule has 0 aliphatic heterocycles. The molecule has 4 saturated carbocycles. The molecule has 2 unspecified atom stereocenters. The molecule has 0 N–H and O–H groups in total. The molecule has 0 amide bonds. The topological polar surface area (TPSA) is 19.6 Å². The number of hydrogen-bond acceptors (Lipinski definition) is 3. The molecule has 4 aliphatic rings. The molecule has 3 nitrogen and oxygen atoms in total. The van der Waals surface area contributed by atoms with Crippen molar-refractivity contribution in [3.63, 3.8) is 0 Å². The fraction of sp³-hybridized carbons (Fsp3) is 0.200. The van der Waals surface area contributed by atoms with E-state index in [1.54, 1.807) is 5.56 Å². The first-order chi connectivity index (χ1) is 23.8. The van der Waals surface area contributed by atoms with Crippen molar-refractivity contribution in [2.75, 3.05) is 9.80 Å². The van der Waals surface area contributed by atoms with Gasteiger partial charge in [-0.25, -0.2) is 0 Å². The van der Waals surface area contributed by atoms with Crippen LogP contribution in [0.3, 0.4) is 0 Å². The Morgan fingerprint density at radius 3 is 1.29 bits per heavy atom. The number of rotatable bonds is 7. The molecule has 0 radical (unpaired) electrons. The molecule has 6 aromatic carbocycles. The minimum absolute atomic E-state index is 0.456. The standard InChI is InChI=1S/C45H36N2O/c1-4-12-34(13-5-1)46(35-14-6-2-7-15-35)40-20-10-18-38-39-19-11-21-41(43(39)48-42(38)40)47(36-16-8-3-9-17-36)37-24-22-30(23-25-37)44-28-32-26-31-27-33(29-44)45(31,32)44/h1-25,31-33H,26-29H2. The van der Waals surface area contributed by atoms with Crippen molar-refractivity contribution in [1.82, 2.24) is 0 Å². The Morgan fingerprint density at radius 1 is 0.438 bits per heavy atom. The average Bonchev–Trinajstić information content (AvgIpc) is 3.50. The van der Waals surface area contributed by atoms with Gasteiger partial charge in [-0.1, -0.05) is 91.0 Å². The van der Waals surface area contributed by atoms with Crippen LogP contribution in [0.25, 0.3) is 21.9 Å². The van der Waals surface area contributed by atoms with Crippen LogP contribution in [0.1, 0.15) is 31.2 Å². The number of para-hydroxylation sites is 5. The molecule has 48 heavy (non-hydrogen) atoms. The lowest BCUT2D eigenvalue weighted by molar-refractivity contribution is -0.395. The molecule has 232 valence electrons. The Morgan fingerprint density at radius 2 is 0.875 bits per heavy atom. The molecule has 7 aromatic rings. The van der Waals surface area contributed by atoms with Gasteiger partial charge in [-0.2, -0.15) is 0 Å². The fourth-order valence-electron chi connectivity index (χ4n) is 11.1. The van der Waals surface area contributed by atoms with Crippen molar-refractivity contribution in [3.05, 3.63) is 157 Å². The summed E-state index contributed by atoms with van der Waals surface area (Å²) < 4.78 is 7.06. The van der Waals surface area contributed by atoms with Crippen LogP contribution in [0.15, 0.2) is 156 Å². The summed E-state index contributed by atoms with van der Waals surface area (Å²) in [5.74, 6) is 3.02. The van der Waals surface area contributed by atoms with E-state index in [4.69, 9.17) is 4.42 Å². The quantitative estimate of drug-likeness (QED) is 0.177. The second kappa shape index (κ2) is 9.64. The van der Waals surface area contributed by atoms with Gasteiger partial charge in [0.25, 0.3) is 0 Å². The van der Waals surface area contributed by atoms with E-state index in [2.05, 4.69) is 161 Å². The van der Waals surface area contributed by atoms with Gasteiger partial charge in [0.05, 0.1) is 11.4 Å². The number of furan rings is 1. The van der Waals surface area contributed by atoms with Gasteiger partial charge in [0, 0.05) is 38.9 Å². The minimum atomic E-state index is 0.456. The van der Waals surface area contributed by atoms with Crippen molar-refractivity contribution in [2.45, 2.75) is 31.1 Å². The third-order valence-electron chi connectivity index (χ3n) is 12.9. The summed E-state index contributed by atoms with van der Waals surface area (Å²) in [4.78, 5) is 4.67. The summed E-state index contributed by atoms with van der Waals surface area (Å²) in [7, 11) is 0. The van der Waals surface area contributed by atoms with E-state index in [-0.39, 0.29) is 0 Å². The van der Waals surface area contributed by atoms with Crippen molar-refractivity contribution in [2.24, 2.45) is 23.2 Å². The first-order valence-corrected chi connectivity index (χ1v) is 17.6. The van der Waals surface area contributed by atoms with E-state index in [9.17, 15) is 0 Å². The molecular weight excluding hydrogens is 585 g/mol. The van der Waals surface area contributed by atoms with Crippen LogP contribution in [-0.4, -0.2) is 0 Å². The number of anilines is 6. The summed E-state index contributed by atoms with van der Waals surface area (Å²) in [5.41, 5.74) is 11.0. The summed E-state index contributed by atoms with van der Waals surface area (Å²) in [6.45, 7) is 0. The molecule has 4 fully saturated rings. The largest absolute Gasteiger partial charge is 0.452 e. The molecule has 0 saturated heterocycles. The van der Waals surface area contributed by atoms with E-state index in [1.807, 2.05) is 0 Å². The third-order valence-corrected chi connectivity index (χ3v) is 12.9. The molecule has 0 bridgehead atoms. The molecular formula is C45H36N2O. The smallest absolute Gasteiger partial charge is 0.159 e. The monoisotopic (exact) mass is 620 g/mol. The zero-order valence-corrected chi connectivity index (χ0v) is 26.8. The van der Waals surface area contributed by atoms with Crippen molar-refractivity contribution >= 4 is 56.1 Å². The Labute approximate surface area is 281 Å². The Hall–Kier alpha value is -5.28. The van der Waals surface area contributed by atoms with Crippen LogP contribution >= 0.6 is 0 Å². The maximum atomic E-state index is 7.06. The minimum Gasteiger partial charge on any atom is -0.452 e. The Balaban J connectivity index is 1.06. The highest BCUT2D eigenvalue weighted by Gasteiger charge is 2.87. The number of nitrogens with zero attached hydrogens (tertiary/aromatic N) is 2. The van der Waals surface area contributed by atoms with Crippen LogP contribution in [0.2, 0.25) is 0 Å². The SMILES string of the molecule is c1ccc(N(c2ccccc2)c2cccc3c2oc2c(N(c4ccccc4)c4ccc(C56CC7CC8CC(C5)C876)cc4)cccc23)cc1. The Kier molecular flexibility index (Phi) is 5.37. The van der Waals surface area contributed by atoms with Crippen LogP contribution in [0.4, 0.5) is 34.1 Å². The lowest BCUT2D eigenvalue weighted by atomic mass is 9.12. The molecule has 11 rings (SSSR count). The predicted octanol–water partition coefficient (Wildman–Crippen LogP) is 12.2. The van der Waals surface area contributed by atoms with E-state index >= 15 is 0 Å². The normalized spacial score (nSPS) is 26.0. The second-order valence-electron chi connectivity index (χ2n) is 14.6. The third kappa shape index (κ3) is 3.29. The van der Waals surface area contributed by atoms with E-state index in [1.165, 1.54) is 25.7 Å². The molecule has 4 aliphatic carbocycles. The van der Waals surface area contributed by atoms with Crippen LogP contribution in [-0.2, 0) is 5.41 Å². The van der Waals surface area contributed by atoms with Crippen molar-refractivity contribution in [3.8, 4) is 0 Å². The van der Waals surface area contributed by atoms with Crippen LogP contribution < -0.4 is 9.80 Å². The zero-order chi connectivity index (χ0) is 31.5. The first-order valence-electron chi connectivity index (χ1n) is 17.6. The van der Waals surface area contributed by atoms with Gasteiger partial charge in [0.1, 0.15) is 0 Å². The van der Waals surface area contributed by atoms with Gasteiger partial charge in [0.2, 0.25) is 0 Å². The summed E-state index contributed by atoms with van der Waals surface area (Å²) >= 11 is 0. The van der Waals surface area contributed by atoms with Gasteiger partial charge in [-0.3, -0.25) is 0 Å². The van der Waals surface area contributed by atoms with Crippen LogP contribution in [0.5, 0.6) is 0 Å². The molecule has 3 heteroatoms. The number of fused-ring (bicyclic) bond motifs is 3. The van der Waals surface area contributed by atoms with Gasteiger partial charge in [0.15, 0.2) is 11.2 Å². The van der Waals surface area contributed by atoms with E-state index in [0.29, 0.717) is 10.8 Å². The number of hydrogen-bond donors (Lipinski definition) is 0. The lowest BCUT2D eigenvalue weighted by Crippen LogP contribution is -2.87. The first kappa shape index (κ1) is 26.8. The van der Waals surface area contributed by atoms with E-state index < -0.39 is 0 Å². The second-order valence-corrected chi connectivity index (χ2v) is 14.6. The number of benzene rings is 6. The molecule has 2 atom stereocenters. The van der Waals surface area contributed by atoms with Gasteiger partial charge < -0.3 is 14.2 Å². The highest BCUT2D eigenvalue weighted by Crippen LogP contribution is 2.92. The average molecular weight is 621 g/mol. The highest BCUT2D eigenvalue weighted by molar-refractivity contribution is 6.14. The maximum Gasteiger partial charge on any atom is 0.159 e. The molecule has 1 spiro atoms. The Bertz CT molecular complexity index is 2260. The van der Waals surface area contributed by atoms with Crippen molar-refractivity contribution < 1.29 is 4.42 Å². The van der Waals surface area contributed by atoms with E-state index in [0.717, 1.165) is 73.8 Å². The summed E-state index contributed by atoms with van der Waals surface area (Å²) in [6.07, 6.45) is 5.81. The van der Waals surface area contributed by atoms with Crippen LogP contribution in [0, 0.1) is 23.2 Å². The highest BCUT2D eigenvalue weighted by atomic mass is 16.3. The zero-order valence-electron chi connectivity index (χ0n) is 26.8. The summed E-state index contributed by atoms with van der Waals surface area (Å²) in [6, 6.07) is 54.6. The summed E-state index contributed by atoms with van der Waals surface area (Å²) in [5, 5.41) is 2.22. The molecule has 1 heterocycles. The van der Waals surface area contributed by atoms with Gasteiger partial charge >= 0.3 is 0 Å². The predicted molar refractivity (Wildman–Crippen MR) is 196 cm³/mol. The fourth-order valence-corrected chi connectivity index (χ4v) is 11.1. The lowest BCUT2D eigenvalue weighted by Gasteiger charge is -2.91. The van der Waals surface area contributed by atoms with Crippen molar-refractivity contribution in [1.29, 1.82) is 0 Å². The van der Waals surface area contributed by atoms with Gasteiger partial charge in [-0.15, -0.1) is 0 Å². The maximum absolute atomic E-state index is 7.06. The van der Waals surface area contributed by atoms with Gasteiger partial charge in [-0.05, 0) is 115 Å².